The lowest BCUT2D eigenvalue weighted by Crippen LogP contribution is -2.39. The van der Waals surface area contributed by atoms with E-state index in [1.54, 1.807) is 0 Å². The molecule has 0 aliphatic heterocycles. The fourth-order valence-corrected chi connectivity index (χ4v) is 3.03. The Hall–Kier alpha value is -0.380. The molecule has 0 saturated carbocycles. The number of aryl methyl sites for hydroxylation is 1. The van der Waals surface area contributed by atoms with Gasteiger partial charge in [-0.05, 0) is 43.8 Å². The fourth-order valence-electron chi connectivity index (χ4n) is 1.94. The van der Waals surface area contributed by atoms with Crippen molar-refractivity contribution in [3.05, 3.63) is 21.9 Å². The van der Waals surface area contributed by atoms with Crippen molar-refractivity contribution in [1.29, 1.82) is 0 Å². The van der Waals surface area contributed by atoms with Crippen molar-refractivity contribution in [1.82, 2.24) is 4.90 Å². The van der Waals surface area contributed by atoms with Gasteiger partial charge >= 0.3 is 0 Å². The van der Waals surface area contributed by atoms with E-state index in [1.807, 2.05) is 11.3 Å². The number of hydrogen-bond donors (Lipinski definition) is 1. The first-order chi connectivity index (χ1) is 7.49. The summed E-state index contributed by atoms with van der Waals surface area (Å²) in [6.07, 6.45) is 0. The SMILES string of the molecule is Cc1ccsc1C(CN)N(C)C(C)C(C)C. The number of nitrogens with zero attached hydrogens (tertiary/aromatic N) is 1. The first-order valence-electron chi connectivity index (χ1n) is 5.95. The van der Waals surface area contributed by atoms with Crippen LogP contribution in [0.25, 0.3) is 0 Å². The molecular weight excluding hydrogens is 216 g/mol. The minimum Gasteiger partial charge on any atom is -0.329 e. The van der Waals surface area contributed by atoms with Crippen molar-refractivity contribution >= 4 is 11.3 Å². The minimum absolute atomic E-state index is 0.359. The summed E-state index contributed by atoms with van der Waals surface area (Å²) in [6.45, 7) is 9.65. The third kappa shape index (κ3) is 2.84. The lowest BCUT2D eigenvalue weighted by atomic mass is 10.0. The molecule has 0 aliphatic rings. The first-order valence-corrected chi connectivity index (χ1v) is 6.83. The van der Waals surface area contributed by atoms with Gasteiger partial charge in [-0.1, -0.05) is 13.8 Å². The molecule has 0 bridgehead atoms. The molecule has 0 aromatic carbocycles. The molecule has 0 fully saturated rings. The van der Waals surface area contributed by atoms with Crippen molar-refractivity contribution in [2.24, 2.45) is 11.7 Å². The van der Waals surface area contributed by atoms with Crippen LogP contribution in [0.3, 0.4) is 0 Å². The molecule has 16 heavy (non-hydrogen) atoms. The number of nitrogens with two attached hydrogens (primary N) is 1. The van der Waals surface area contributed by atoms with Gasteiger partial charge < -0.3 is 5.73 Å². The van der Waals surface area contributed by atoms with Gasteiger partial charge in [-0.2, -0.15) is 0 Å². The molecule has 1 aromatic rings. The summed E-state index contributed by atoms with van der Waals surface area (Å²) in [6, 6.07) is 3.09. The molecule has 0 radical (unpaired) electrons. The molecule has 2 atom stereocenters. The van der Waals surface area contributed by atoms with Crippen LogP contribution < -0.4 is 5.73 Å². The zero-order valence-corrected chi connectivity index (χ0v) is 11.8. The van der Waals surface area contributed by atoms with Gasteiger partial charge in [-0.3, -0.25) is 4.90 Å². The number of thiophene rings is 1. The fraction of sp³-hybridized carbons (Fsp3) is 0.692. The van der Waals surface area contributed by atoms with Gasteiger partial charge in [-0.25, -0.2) is 0 Å². The molecule has 1 rings (SSSR count). The highest BCUT2D eigenvalue weighted by molar-refractivity contribution is 7.10. The first kappa shape index (κ1) is 13.7. The second kappa shape index (κ2) is 5.80. The van der Waals surface area contributed by atoms with Gasteiger partial charge in [0, 0.05) is 17.5 Å². The average Bonchev–Trinajstić information content (AvgIpc) is 2.65. The molecule has 0 aliphatic carbocycles. The summed E-state index contributed by atoms with van der Waals surface area (Å²) in [5, 5.41) is 2.15. The highest BCUT2D eigenvalue weighted by Gasteiger charge is 2.24. The van der Waals surface area contributed by atoms with Crippen LogP contribution >= 0.6 is 11.3 Å². The Kier molecular flexibility index (Phi) is 4.96. The minimum atomic E-state index is 0.359. The predicted octanol–water partition coefficient (Wildman–Crippen LogP) is 3.03. The van der Waals surface area contributed by atoms with E-state index >= 15 is 0 Å². The second-order valence-electron chi connectivity index (χ2n) is 4.87. The van der Waals surface area contributed by atoms with Gasteiger partial charge in [0.2, 0.25) is 0 Å². The van der Waals surface area contributed by atoms with Crippen molar-refractivity contribution < 1.29 is 0 Å². The molecule has 0 saturated heterocycles. The van der Waals surface area contributed by atoms with Gasteiger partial charge in [0.05, 0.1) is 6.04 Å². The average molecular weight is 240 g/mol. The molecule has 0 amide bonds. The summed E-state index contributed by atoms with van der Waals surface area (Å²) < 4.78 is 0. The number of likely N-dealkylation sites (N-methyl/N-ethyl adjacent to an activating group) is 1. The molecule has 92 valence electrons. The van der Waals surface area contributed by atoms with Gasteiger partial charge in [-0.15, -0.1) is 11.3 Å². The van der Waals surface area contributed by atoms with E-state index in [0.717, 1.165) is 0 Å². The third-order valence-corrected chi connectivity index (χ3v) is 4.65. The Morgan fingerprint density at radius 2 is 2.00 bits per heavy atom. The van der Waals surface area contributed by atoms with Crippen LogP contribution in [0.2, 0.25) is 0 Å². The van der Waals surface area contributed by atoms with E-state index < -0.39 is 0 Å². The summed E-state index contributed by atoms with van der Waals surface area (Å²) >= 11 is 1.82. The zero-order chi connectivity index (χ0) is 12.3. The monoisotopic (exact) mass is 240 g/mol. The van der Waals surface area contributed by atoms with Gasteiger partial charge in [0.15, 0.2) is 0 Å². The lowest BCUT2D eigenvalue weighted by Gasteiger charge is -2.34. The summed E-state index contributed by atoms with van der Waals surface area (Å²) in [7, 11) is 2.18. The molecular formula is C13H24N2S. The van der Waals surface area contributed by atoms with E-state index in [1.165, 1.54) is 10.4 Å². The highest BCUT2D eigenvalue weighted by Crippen LogP contribution is 2.29. The number of hydrogen-bond acceptors (Lipinski definition) is 3. The Labute approximate surface area is 103 Å². The van der Waals surface area contributed by atoms with Crippen LogP contribution in [0.4, 0.5) is 0 Å². The largest absolute Gasteiger partial charge is 0.329 e. The standard InChI is InChI=1S/C13H24N2S/c1-9(2)11(4)15(5)12(8-14)13-10(3)6-7-16-13/h6-7,9,11-12H,8,14H2,1-5H3. The molecule has 2 N–H and O–H groups in total. The Bertz CT molecular complexity index is 319. The smallest absolute Gasteiger partial charge is 0.0566 e. The third-order valence-electron chi connectivity index (χ3n) is 3.53. The topological polar surface area (TPSA) is 29.3 Å². The lowest BCUT2D eigenvalue weighted by molar-refractivity contribution is 0.153. The summed E-state index contributed by atoms with van der Waals surface area (Å²) in [5.74, 6) is 0.652. The van der Waals surface area contributed by atoms with Crippen LogP contribution in [0.15, 0.2) is 11.4 Å². The maximum Gasteiger partial charge on any atom is 0.0566 e. The van der Waals surface area contributed by atoms with E-state index in [2.05, 4.69) is 51.1 Å². The van der Waals surface area contributed by atoms with Crippen molar-refractivity contribution in [3.63, 3.8) is 0 Å². The normalized spacial score (nSPS) is 15.8. The van der Waals surface area contributed by atoms with Crippen LogP contribution in [0.5, 0.6) is 0 Å². The quantitative estimate of drug-likeness (QED) is 0.857. The van der Waals surface area contributed by atoms with E-state index in [9.17, 15) is 0 Å². The van der Waals surface area contributed by atoms with E-state index in [0.29, 0.717) is 24.5 Å². The van der Waals surface area contributed by atoms with E-state index in [-0.39, 0.29) is 0 Å². The van der Waals surface area contributed by atoms with Crippen LogP contribution in [0, 0.1) is 12.8 Å². The van der Waals surface area contributed by atoms with Crippen molar-refractivity contribution in [2.75, 3.05) is 13.6 Å². The molecule has 2 nitrogen and oxygen atoms in total. The van der Waals surface area contributed by atoms with Gasteiger partial charge in [0.1, 0.15) is 0 Å². The maximum atomic E-state index is 5.94. The molecule has 1 heterocycles. The highest BCUT2D eigenvalue weighted by atomic mass is 32.1. The van der Waals surface area contributed by atoms with Crippen LogP contribution in [-0.4, -0.2) is 24.5 Å². The predicted molar refractivity (Wildman–Crippen MR) is 72.9 cm³/mol. The molecule has 1 aromatic heterocycles. The zero-order valence-electron chi connectivity index (χ0n) is 11.0. The number of rotatable bonds is 5. The Morgan fingerprint density at radius 3 is 2.38 bits per heavy atom. The molecule has 2 unspecified atom stereocenters. The van der Waals surface area contributed by atoms with E-state index in [4.69, 9.17) is 5.73 Å². The summed E-state index contributed by atoms with van der Waals surface area (Å²) in [4.78, 5) is 3.82. The van der Waals surface area contributed by atoms with Crippen LogP contribution in [0.1, 0.15) is 37.3 Å². The van der Waals surface area contributed by atoms with Crippen molar-refractivity contribution in [3.8, 4) is 0 Å². The Balaban J connectivity index is 2.87. The molecule has 0 spiro atoms. The van der Waals surface area contributed by atoms with Crippen molar-refractivity contribution in [2.45, 2.75) is 39.8 Å². The van der Waals surface area contributed by atoms with Crippen LogP contribution in [-0.2, 0) is 0 Å². The maximum absolute atomic E-state index is 5.94. The second-order valence-corrected chi connectivity index (χ2v) is 5.82. The summed E-state index contributed by atoms with van der Waals surface area (Å²) in [5.41, 5.74) is 7.30. The molecule has 3 heteroatoms. The Morgan fingerprint density at radius 1 is 1.38 bits per heavy atom. The van der Waals surface area contributed by atoms with Gasteiger partial charge in [0.25, 0.3) is 0 Å².